The molecule has 0 atom stereocenters. The first-order chi connectivity index (χ1) is 13.6. The average molecular weight is 403 g/mol. The van der Waals surface area contributed by atoms with Gasteiger partial charge in [0.05, 0.1) is 23.4 Å². The molecule has 0 spiro atoms. The summed E-state index contributed by atoms with van der Waals surface area (Å²) in [5, 5.41) is 11.1. The highest BCUT2D eigenvalue weighted by Gasteiger charge is 2.22. The Labute approximate surface area is 170 Å². The van der Waals surface area contributed by atoms with Crippen molar-refractivity contribution in [1.29, 1.82) is 0 Å². The lowest BCUT2D eigenvalue weighted by atomic mass is 10.1. The molecule has 2 aromatic rings. The van der Waals surface area contributed by atoms with Crippen molar-refractivity contribution in [2.75, 3.05) is 6.61 Å². The van der Waals surface area contributed by atoms with Crippen molar-refractivity contribution >= 4 is 17.4 Å². The van der Waals surface area contributed by atoms with Gasteiger partial charge in [-0.05, 0) is 30.4 Å². The summed E-state index contributed by atoms with van der Waals surface area (Å²) in [6, 6.07) is 2.99. The van der Waals surface area contributed by atoms with E-state index in [9.17, 15) is 19.7 Å². The van der Waals surface area contributed by atoms with Gasteiger partial charge >= 0.3 is 5.97 Å². The van der Waals surface area contributed by atoms with Crippen LogP contribution in [0.3, 0.4) is 0 Å². The van der Waals surface area contributed by atoms with Crippen molar-refractivity contribution in [3.8, 4) is 0 Å². The average Bonchev–Trinajstić information content (AvgIpc) is 3.18. The number of ether oxygens (including phenoxy) is 1. The number of esters is 1. The van der Waals surface area contributed by atoms with Gasteiger partial charge in [-0.15, -0.1) is 0 Å². The molecule has 0 saturated carbocycles. The number of hydrogen-bond donors (Lipinski definition) is 0. The Hall–Kier alpha value is -2.90. The molecule has 0 amide bonds. The maximum absolute atomic E-state index is 12.9. The molecule has 2 aromatic heterocycles. The summed E-state index contributed by atoms with van der Waals surface area (Å²) in [6.45, 7) is 11.2. The molecule has 8 heteroatoms. The largest absolute Gasteiger partial charge is 0.461 e. The third kappa shape index (κ3) is 5.79. The van der Waals surface area contributed by atoms with Gasteiger partial charge in [0.1, 0.15) is 5.69 Å². The number of nitrogens with zero attached hydrogens (tertiary/aromatic N) is 3. The van der Waals surface area contributed by atoms with E-state index in [1.165, 1.54) is 12.3 Å². The predicted molar refractivity (Wildman–Crippen MR) is 109 cm³/mol. The van der Waals surface area contributed by atoms with Crippen molar-refractivity contribution in [3.63, 3.8) is 0 Å². The molecule has 0 bridgehead atoms. The molecule has 8 nitrogen and oxygen atoms in total. The Morgan fingerprint density at radius 2 is 1.62 bits per heavy atom. The lowest BCUT2D eigenvalue weighted by molar-refractivity contribution is -0.384. The molecule has 0 saturated heterocycles. The monoisotopic (exact) mass is 403 g/mol. The molecule has 0 aliphatic rings. The zero-order valence-corrected chi connectivity index (χ0v) is 17.7. The fourth-order valence-electron chi connectivity index (χ4n) is 3.24. The fourth-order valence-corrected chi connectivity index (χ4v) is 3.24. The van der Waals surface area contributed by atoms with E-state index in [2.05, 4.69) is 0 Å². The van der Waals surface area contributed by atoms with E-state index in [4.69, 9.17) is 4.74 Å². The van der Waals surface area contributed by atoms with Gasteiger partial charge in [0.25, 0.3) is 5.69 Å². The molecule has 2 heterocycles. The molecule has 2 rings (SSSR count). The minimum Gasteiger partial charge on any atom is -0.461 e. The number of aromatic nitrogens is 2. The van der Waals surface area contributed by atoms with E-state index in [1.54, 1.807) is 28.3 Å². The SMILES string of the molecule is CCOC(=O)c1cc(CC(=O)c2cc([N+](=O)[O-])cn2CC(C)C)cn1CC(C)C. The van der Waals surface area contributed by atoms with Crippen LogP contribution in [0.2, 0.25) is 0 Å². The van der Waals surface area contributed by atoms with E-state index < -0.39 is 10.9 Å². The van der Waals surface area contributed by atoms with Crippen molar-refractivity contribution in [2.45, 2.75) is 54.1 Å². The summed E-state index contributed by atoms with van der Waals surface area (Å²) in [5.41, 5.74) is 1.30. The third-order valence-corrected chi connectivity index (χ3v) is 4.30. The predicted octanol–water partition coefficient (Wildman–Crippen LogP) is 4.11. The molecule has 29 heavy (non-hydrogen) atoms. The lowest BCUT2D eigenvalue weighted by Gasteiger charge is -2.10. The Balaban J connectivity index is 2.32. The zero-order chi connectivity index (χ0) is 21.7. The lowest BCUT2D eigenvalue weighted by Crippen LogP contribution is -2.14. The highest BCUT2D eigenvalue weighted by Crippen LogP contribution is 2.21. The highest BCUT2D eigenvalue weighted by molar-refractivity contribution is 5.97. The minimum absolute atomic E-state index is 0.0523. The zero-order valence-electron chi connectivity index (χ0n) is 17.7. The van der Waals surface area contributed by atoms with Crippen LogP contribution < -0.4 is 0 Å². The Morgan fingerprint density at radius 3 is 2.14 bits per heavy atom. The van der Waals surface area contributed by atoms with E-state index in [0.29, 0.717) is 36.0 Å². The standard InChI is InChI=1S/C21H29N3O5/c1-6-29-21(26)19-7-16(12-22(19)10-14(2)3)8-20(25)18-9-17(24(27)28)13-23(18)11-15(4)5/h7,9,12-15H,6,8,10-11H2,1-5H3. The summed E-state index contributed by atoms with van der Waals surface area (Å²) < 4.78 is 8.57. The number of ketones is 1. The second-order valence-corrected chi connectivity index (χ2v) is 7.99. The Kier molecular flexibility index (Phi) is 7.36. The van der Waals surface area contributed by atoms with Gasteiger partial charge in [-0.25, -0.2) is 4.79 Å². The number of carbonyl (C=O) groups excluding carboxylic acids is 2. The van der Waals surface area contributed by atoms with Gasteiger partial charge in [-0.2, -0.15) is 0 Å². The molecule has 0 fully saturated rings. The molecule has 0 aliphatic carbocycles. The molecule has 0 N–H and O–H groups in total. The minimum atomic E-state index is -0.494. The maximum atomic E-state index is 12.9. The van der Waals surface area contributed by atoms with E-state index >= 15 is 0 Å². The van der Waals surface area contributed by atoms with Crippen LogP contribution in [0.25, 0.3) is 0 Å². The van der Waals surface area contributed by atoms with Gasteiger partial charge < -0.3 is 13.9 Å². The van der Waals surface area contributed by atoms with Crippen LogP contribution in [-0.2, 0) is 24.2 Å². The summed E-state index contributed by atoms with van der Waals surface area (Å²) in [5.74, 6) is -0.109. The fraction of sp³-hybridized carbons (Fsp3) is 0.524. The second-order valence-electron chi connectivity index (χ2n) is 7.99. The number of Topliss-reactive ketones (excluding diaryl/α,β-unsaturated/α-hetero) is 1. The summed E-state index contributed by atoms with van der Waals surface area (Å²) >= 11 is 0. The van der Waals surface area contributed by atoms with Gasteiger partial charge in [0.15, 0.2) is 5.78 Å². The summed E-state index contributed by atoms with van der Waals surface area (Å²) in [6.07, 6.45) is 3.24. The number of rotatable bonds is 10. The molecular formula is C21H29N3O5. The summed E-state index contributed by atoms with van der Waals surface area (Å²) in [7, 11) is 0. The Bertz CT molecular complexity index is 892. The molecule has 0 unspecified atom stereocenters. The van der Waals surface area contributed by atoms with Crippen LogP contribution in [0, 0.1) is 22.0 Å². The van der Waals surface area contributed by atoms with E-state index in [0.717, 1.165) is 0 Å². The summed E-state index contributed by atoms with van der Waals surface area (Å²) in [4.78, 5) is 35.8. The molecule has 0 radical (unpaired) electrons. The van der Waals surface area contributed by atoms with Crippen LogP contribution in [0.15, 0.2) is 24.5 Å². The van der Waals surface area contributed by atoms with Gasteiger partial charge in [-0.1, -0.05) is 27.7 Å². The first-order valence-corrected chi connectivity index (χ1v) is 9.86. The first-order valence-electron chi connectivity index (χ1n) is 9.86. The quantitative estimate of drug-likeness (QED) is 0.257. The van der Waals surface area contributed by atoms with Gasteiger partial charge in [-0.3, -0.25) is 14.9 Å². The third-order valence-electron chi connectivity index (χ3n) is 4.30. The molecule has 0 aliphatic heterocycles. The molecular weight excluding hydrogens is 374 g/mol. The van der Waals surface area contributed by atoms with E-state index in [1.807, 2.05) is 27.7 Å². The second kappa shape index (κ2) is 9.54. The topological polar surface area (TPSA) is 96.4 Å². The van der Waals surface area contributed by atoms with Crippen molar-refractivity contribution in [3.05, 3.63) is 51.6 Å². The van der Waals surface area contributed by atoms with Crippen molar-refractivity contribution in [1.82, 2.24) is 9.13 Å². The Morgan fingerprint density at radius 1 is 1.03 bits per heavy atom. The normalized spacial score (nSPS) is 11.3. The molecule has 158 valence electrons. The number of hydrogen-bond acceptors (Lipinski definition) is 5. The van der Waals surface area contributed by atoms with Crippen molar-refractivity contribution < 1.29 is 19.2 Å². The molecule has 0 aromatic carbocycles. The first kappa shape index (κ1) is 22.4. The van der Waals surface area contributed by atoms with Crippen LogP contribution in [-0.4, -0.2) is 32.4 Å². The van der Waals surface area contributed by atoms with Crippen LogP contribution >= 0.6 is 0 Å². The number of carbonyl (C=O) groups is 2. The highest BCUT2D eigenvalue weighted by atomic mass is 16.6. The van der Waals surface area contributed by atoms with Gasteiger partial charge in [0, 0.05) is 31.8 Å². The van der Waals surface area contributed by atoms with Gasteiger partial charge in [0.2, 0.25) is 0 Å². The van der Waals surface area contributed by atoms with Crippen LogP contribution in [0.1, 0.15) is 61.2 Å². The number of nitro groups is 1. The van der Waals surface area contributed by atoms with E-state index in [-0.39, 0.29) is 30.4 Å². The maximum Gasteiger partial charge on any atom is 0.354 e. The smallest absolute Gasteiger partial charge is 0.354 e. The van der Waals surface area contributed by atoms with Crippen molar-refractivity contribution in [2.24, 2.45) is 11.8 Å². The van der Waals surface area contributed by atoms with Crippen LogP contribution in [0.4, 0.5) is 5.69 Å². The van der Waals surface area contributed by atoms with Crippen LogP contribution in [0.5, 0.6) is 0 Å².